The van der Waals surface area contributed by atoms with E-state index in [9.17, 15) is 5.11 Å². The van der Waals surface area contributed by atoms with Gasteiger partial charge in [-0.3, -0.25) is 0 Å². The van der Waals surface area contributed by atoms with E-state index in [-0.39, 0.29) is 18.2 Å². The third-order valence-corrected chi connectivity index (χ3v) is 1.41. The molecule has 1 atom stereocenters. The van der Waals surface area contributed by atoms with Gasteiger partial charge >= 0.3 is 0 Å². The van der Waals surface area contributed by atoms with Gasteiger partial charge in [-0.25, -0.2) is 0 Å². The monoisotopic (exact) mass is 205 g/mol. The van der Waals surface area contributed by atoms with Crippen molar-refractivity contribution in [3.8, 4) is 0 Å². The van der Waals surface area contributed by atoms with E-state index >= 15 is 0 Å². The van der Waals surface area contributed by atoms with Gasteiger partial charge in [-0.2, -0.15) is 0 Å². The van der Waals surface area contributed by atoms with E-state index in [0.717, 1.165) is 0 Å². The van der Waals surface area contributed by atoms with Crippen molar-refractivity contribution in [3.63, 3.8) is 0 Å². The van der Waals surface area contributed by atoms with Crippen molar-refractivity contribution in [2.24, 2.45) is 5.73 Å². The van der Waals surface area contributed by atoms with Crippen molar-refractivity contribution in [1.82, 2.24) is 0 Å². The summed E-state index contributed by atoms with van der Waals surface area (Å²) in [5, 5.41) is 9.40. The minimum absolute atomic E-state index is 0.135. The molecule has 0 aromatic rings. The SMILES string of the molecule is CC(C)OCC(O)COCC(C)(C)N. The molecule has 0 aromatic heterocycles. The first-order valence-electron chi connectivity index (χ1n) is 4.97. The molecule has 4 nitrogen and oxygen atoms in total. The van der Waals surface area contributed by atoms with Crippen LogP contribution in [-0.4, -0.2) is 42.7 Å². The van der Waals surface area contributed by atoms with Gasteiger partial charge in [0.1, 0.15) is 6.10 Å². The summed E-state index contributed by atoms with van der Waals surface area (Å²) in [7, 11) is 0. The summed E-state index contributed by atoms with van der Waals surface area (Å²) in [5.74, 6) is 0. The molecule has 86 valence electrons. The molecular formula is C10H23NO3. The fourth-order valence-corrected chi connectivity index (χ4v) is 0.810. The quantitative estimate of drug-likeness (QED) is 0.636. The van der Waals surface area contributed by atoms with Gasteiger partial charge in [0.2, 0.25) is 0 Å². The van der Waals surface area contributed by atoms with Crippen LogP contribution in [0, 0.1) is 0 Å². The van der Waals surface area contributed by atoms with Crippen LogP contribution < -0.4 is 5.73 Å². The van der Waals surface area contributed by atoms with Crippen LogP contribution in [0.25, 0.3) is 0 Å². The lowest BCUT2D eigenvalue weighted by atomic mass is 10.1. The highest BCUT2D eigenvalue weighted by atomic mass is 16.5. The number of ether oxygens (including phenoxy) is 2. The van der Waals surface area contributed by atoms with Crippen LogP contribution in [0.3, 0.4) is 0 Å². The lowest BCUT2D eigenvalue weighted by Crippen LogP contribution is -2.38. The Labute approximate surface area is 86.4 Å². The van der Waals surface area contributed by atoms with Crippen molar-refractivity contribution in [1.29, 1.82) is 0 Å². The molecule has 0 heterocycles. The molecule has 1 unspecified atom stereocenters. The molecule has 0 aromatic carbocycles. The third kappa shape index (κ3) is 9.92. The van der Waals surface area contributed by atoms with Crippen LogP contribution in [0.2, 0.25) is 0 Å². The van der Waals surface area contributed by atoms with Gasteiger partial charge in [-0.05, 0) is 27.7 Å². The van der Waals surface area contributed by atoms with E-state index < -0.39 is 6.10 Å². The highest BCUT2D eigenvalue weighted by Gasteiger charge is 2.12. The fourth-order valence-electron chi connectivity index (χ4n) is 0.810. The summed E-state index contributed by atoms with van der Waals surface area (Å²) in [6.45, 7) is 8.63. The summed E-state index contributed by atoms with van der Waals surface area (Å²) < 4.78 is 10.5. The zero-order chi connectivity index (χ0) is 11.2. The van der Waals surface area contributed by atoms with Gasteiger partial charge in [0.25, 0.3) is 0 Å². The summed E-state index contributed by atoms with van der Waals surface area (Å²) >= 11 is 0. The number of rotatable bonds is 7. The molecule has 4 heteroatoms. The summed E-state index contributed by atoms with van der Waals surface area (Å²) in [6, 6.07) is 0. The Morgan fingerprint density at radius 3 is 2.29 bits per heavy atom. The molecule has 0 spiro atoms. The number of nitrogens with two attached hydrogens (primary N) is 1. The average Bonchev–Trinajstić information content (AvgIpc) is 1.98. The Balaban J connectivity index is 3.40. The standard InChI is InChI=1S/C10H23NO3/c1-8(2)14-6-9(12)5-13-7-10(3,4)11/h8-9,12H,5-7,11H2,1-4H3. The van der Waals surface area contributed by atoms with E-state index in [1.807, 2.05) is 27.7 Å². The number of aliphatic hydroxyl groups excluding tert-OH is 1. The number of aliphatic hydroxyl groups is 1. The van der Waals surface area contributed by atoms with Gasteiger partial charge in [-0.15, -0.1) is 0 Å². The van der Waals surface area contributed by atoms with Crippen LogP contribution in [0.1, 0.15) is 27.7 Å². The van der Waals surface area contributed by atoms with E-state index in [4.69, 9.17) is 15.2 Å². The molecule has 0 radical (unpaired) electrons. The Hall–Kier alpha value is -0.160. The van der Waals surface area contributed by atoms with E-state index in [0.29, 0.717) is 13.2 Å². The van der Waals surface area contributed by atoms with Crippen LogP contribution in [0.4, 0.5) is 0 Å². The molecule has 0 amide bonds. The first kappa shape index (κ1) is 13.8. The highest BCUT2D eigenvalue weighted by Crippen LogP contribution is 1.98. The molecule has 0 fully saturated rings. The minimum atomic E-state index is -0.570. The Kier molecular flexibility index (Phi) is 6.27. The topological polar surface area (TPSA) is 64.7 Å². The van der Waals surface area contributed by atoms with E-state index in [1.165, 1.54) is 0 Å². The Bertz CT molecular complexity index is 143. The van der Waals surface area contributed by atoms with Crippen molar-refractivity contribution in [2.75, 3.05) is 19.8 Å². The maximum atomic E-state index is 9.40. The zero-order valence-corrected chi connectivity index (χ0v) is 9.62. The summed E-state index contributed by atoms with van der Waals surface area (Å²) in [6.07, 6.45) is -0.435. The molecule has 0 aliphatic rings. The number of hydrogen-bond donors (Lipinski definition) is 2. The van der Waals surface area contributed by atoms with Crippen molar-refractivity contribution >= 4 is 0 Å². The average molecular weight is 205 g/mol. The van der Waals surface area contributed by atoms with Gasteiger partial charge in [0, 0.05) is 5.54 Å². The predicted octanol–water partition coefficient (Wildman–Crippen LogP) is 0.526. The van der Waals surface area contributed by atoms with E-state index in [2.05, 4.69) is 0 Å². The zero-order valence-electron chi connectivity index (χ0n) is 9.62. The van der Waals surface area contributed by atoms with Crippen LogP contribution in [0.15, 0.2) is 0 Å². The predicted molar refractivity (Wildman–Crippen MR) is 56.2 cm³/mol. The molecule has 0 saturated carbocycles. The van der Waals surface area contributed by atoms with Gasteiger partial charge < -0.3 is 20.3 Å². The van der Waals surface area contributed by atoms with Crippen molar-refractivity contribution < 1.29 is 14.6 Å². The van der Waals surface area contributed by atoms with Crippen LogP contribution in [-0.2, 0) is 9.47 Å². The Morgan fingerprint density at radius 2 is 1.86 bits per heavy atom. The highest BCUT2D eigenvalue weighted by molar-refractivity contribution is 4.70. The molecule has 0 saturated heterocycles. The lowest BCUT2D eigenvalue weighted by Gasteiger charge is -2.20. The van der Waals surface area contributed by atoms with Crippen LogP contribution in [0.5, 0.6) is 0 Å². The van der Waals surface area contributed by atoms with Gasteiger partial charge in [0.15, 0.2) is 0 Å². The molecule has 0 bridgehead atoms. The van der Waals surface area contributed by atoms with Crippen LogP contribution >= 0.6 is 0 Å². The van der Waals surface area contributed by atoms with Gasteiger partial charge in [0.05, 0.1) is 25.9 Å². The largest absolute Gasteiger partial charge is 0.388 e. The first-order valence-corrected chi connectivity index (χ1v) is 4.97. The molecule has 0 aliphatic carbocycles. The second-order valence-corrected chi connectivity index (χ2v) is 4.54. The maximum absolute atomic E-state index is 9.40. The molecule has 0 aliphatic heterocycles. The first-order chi connectivity index (χ1) is 6.31. The fraction of sp³-hybridized carbons (Fsp3) is 1.00. The van der Waals surface area contributed by atoms with Crippen molar-refractivity contribution in [3.05, 3.63) is 0 Å². The number of hydrogen-bond acceptors (Lipinski definition) is 4. The molecule has 3 N–H and O–H groups in total. The second-order valence-electron chi connectivity index (χ2n) is 4.54. The van der Waals surface area contributed by atoms with Crippen molar-refractivity contribution in [2.45, 2.75) is 45.4 Å². The molecule has 0 rings (SSSR count). The summed E-state index contributed by atoms with van der Waals surface area (Å²) in [4.78, 5) is 0. The lowest BCUT2D eigenvalue weighted by molar-refractivity contribution is -0.0411. The second kappa shape index (κ2) is 6.35. The summed E-state index contributed by atoms with van der Waals surface area (Å²) in [5.41, 5.74) is 5.36. The Morgan fingerprint density at radius 1 is 1.29 bits per heavy atom. The maximum Gasteiger partial charge on any atom is 0.101 e. The third-order valence-electron chi connectivity index (χ3n) is 1.41. The normalized spacial score (nSPS) is 14.8. The minimum Gasteiger partial charge on any atom is -0.388 e. The smallest absolute Gasteiger partial charge is 0.101 e. The molecular weight excluding hydrogens is 182 g/mol. The molecule has 14 heavy (non-hydrogen) atoms. The van der Waals surface area contributed by atoms with Gasteiger partial charge in [-0.1, -0.05) is 0 Å². The van der Waals surface area contributed by atoms with E-state index in [1.54, 1.807) is 0 Å².